The first-order valence-corrected chi connectivity index (χ1v) is 7.72. The number of nitrogens with zero attached hydrogens (tertiary/aromatic N) is 1. The molecule has 2 aliphatic carbocycles. The molecule has 1 atom stereocenters. The van der Waals surface area contributed by atoms with Crippen LogP contribution < -0.4 is 5.32 Å². The molecule has 0 spiro atoms. The Morgan fingerprint density at radius 3 is 2.32 bits per heavy atom. The summed E-state index contributed by atoms with van der Waals surface area (Å²) in [6.45, 7) is 2.26. The summed E-state index contributed by atoms with van der Waals surface area (Å²) < 4.78 is 0. The highest BCUT2D eigenvalue weighted by Gasteiger charge is 2.44. The third-order valence-corrected chi connectivity index (χ3v) is 4.98. The number of hydrogen-bond acceptors (Lipinski definition) is 2. The summed E-state index contributed by atoms with van der Waals surface area (Å²) in [5.74, 6) is 2.80. The summed E-state index contributed by atoms with van der Waals surface area (Å²) in [7, 11) is 2.05. The molecule has 110 valence electrons. The molecule has 1 aliphatic heterocycles. The lowest BCUT2D eigenvalue weighted by Crippen LogP contribution is -2.40. The molecule has 3 fully saturated rings. The lowest BCUT2D eigenvalue weighted by Gasteiger charge is -2.29. The third kappa shape index (κ3) is 3.85. The number of rotatable bonds is 6. The van der Waals surface area contributed by atoms with Crippen molar-refractivity contribution in [3.63, 3.8) is 0 Å². The number of halogens is 1. The van der Waals surface area contributed by atoms with Crippen LogP contribution in [0.2, 0.25) is 0 Å². The number of hydrogen-bond donors (Lipinski definition) is 1. The average Bonchev–Trinajstić information content (AvgIpc) is 3.30. The van der Waals surface area contributed by atoms with E-state index in [1.54, 1.807) is 0 Å². The summed E-state index contributed by atoms with van der Waals surface area (Å²) in [5.41, 5.74) is 0. The van der Waals surface area contributed by atoms with Gasteiger partial charge in [-0.25, -0.2) is 0 Å². The Balaban J connectivity index is 0.00000133. The summed E-state index contributed by atoms with van der Waals surface area (Å²) in [5, 5.41) is 3.38. The smallest absolute Gasteiger partial charge is 0.222 e. The maximum Gasteiger partial charge on any atom is 0.222 e. The number of carbonyl (C=O) groups excluding carboxylic acids is 1. The highest BCUT2D eigenvalue weighted by Crippen LogP contribution is 2.47. The fourth-order valence-corrected chi connectivity index (χ4v) is 3.52. The van der Waals surface area contributed by atoms with E-state index < -0.39 is 0 Å². The molecule has 0 bridgehead atoms. The molecule has 1 amide bonds. The van der Waals surface area contributed by atoms with Crippen LogP contribution >= 0.6 is 12.4 Å². The SMILES string of the molecule is CN(C(=O)CCC1CCNC1)C(C1CC1)C1CC1.Cl. The van der Waals surface area contributed by atoms with Crippen LogP contribution in [0.3, 0.4) is 0 Å². The topological polar surface area (TPSA) is 32.3 Å². The number of carbonyl (C=O) groups is 1. The number of amides is 1. The average molecular weight is 287 g/mol. The molecule has 2 saturated carbocycles. The van der Waals surface area contributed by atoms with Crippen LogP contribution in [0.15, 0.2) is 0 Å². The summed E-state index contributed by atoms with van der Waals surface area (Å²) >= 11 is 0. The molecule has 3 rings (SSSR count). The summed E-state index contributed by atoms with van der Waals surface area (Å²) in [4.78, 5) is 14.4. The molecule has 0 aromatic heterocycles. The van der Waals surface area contributed by atoms with Gasteiger partial charge < -0.3 is 10.2 Å². The fourth-order valence-electron chi connectivity index (χ4n) is 3.52. The van der Waals surface area contributed by atoms with Gasteiger partial charge >= 0.3 is 0 Å². The van der Waals surface area contributed by atoms with Gasteiger partial charge in [0.1, 0.15) is 0 Å². The first kappa shape index (κ1) is 15.1. The van der Waals surface area contributed by atoms with Gasteiger partial charge in [0.05, 0.1) is 0 Å². The Kier molecular flexibility index (Phi) is 5.13. The normalized spacial score (nSPS) is 26.3. The van der Waals surface area contributed by atoms with Crippen LogP contribution in [0.5, 0.6) is 0 Å². The van der Waals surface area contributed by atoms with E-state index in [4.69, 9.17) is 0 Å². The molecule has 3 aliphatic rings. The van der Waals surface area contributed by atoms with E-state index >= 15 is 0 Å². The van der Waals surface area contributed by atoms with Crippen LogP contribution in [-0.4, -0.2) is 37.0 Å². The Morgan fingerprint density at radius 2 is 1.84 bits per heavy atom. The van der Waals surface area contributed by atoms with Crippen molar-refractivity contribution in [2.45, 2.75) is 51.0 Å². The molecule has 1 unspecified atom stereocenters. The molecule has 1 heterocycles. The third-order valence-electron chi connectivity index (χ3n) is 4.98. The predicted molar refractivity (Wildman–Crippen MR) is 79.5 cm³/mol. The largest absolute Gasteiger partial charge is 0.342 e. The highest BCUT2D eigenvalue weighted by molar-refractivity contribution is 5.85. The van der Waals surface area contributed by atoms with Crippen molar-refractivity contribution >= 4 is 18.3 Å². The maximum atomic E-state index is 12.3. The monoisotopic (exact) mass is 286 g/mol. The van der Waals surface area contributed by atoms with Crippen LogP contribution in [-0.2, 0) is 4.79 Å². The Labute approximate surface area is 122 Å². The first-order chi connectivity index (χ1) is 8.75. The van der Waals surface area contributed by atoms with E-state index in [9.17, 15) is 4.79 Å². The molecule has 0 radical (unpaired) electrons. The van der Waals surface area contributed by atoms with E-state index in [-0.39, 0.29) is 12.4 Å². The van der Waals surface area contributed by atoms with Gasteiger partial charge in [-0.3, -0.25) is 4.79 Å². The lowest BCUT2D eigenvalue weighted by atomic mass is 10.0. The van der Waals surface area contributed by atoms with Crippen molar-refractivity contribution in [3.8, 4) is 0 Å². The molecule has 0 aromatic rings. The minimum absolute atomic E-state index is 0. The van der Waals surface area contributed by atoms with Gasteiger partial charge in [0.15, 0.2) is 0 Å². The van der Waals surface area contributed by atoms with Gasteiger partial charge in [-0.05, 0) is 69.4 Å². The second-order valence-electron chi connectivity index (χ2n) is 6.57. The Hall–Kier alpha value is -0.280. The standard InChI is InChI=1S/C15H26N2O.ClH/c1-17(15(12-3-4-12)13-5-6-13)14(18)7-2-11-8-9-16-10-11;/h11-13,15-16H,2-10H2,1H3;1H. The van der Waals surface area contributed by atoms with Gasteiger partial charge in [-0.2, -0.15) is 0 Å². The molecular formula is C15H27ClN2O. The van der Waals surface area contributed by atoms with E-state index in [1.807, 2.05) is 0 Å². The summed E-state index contributed by atoms with van der Waals surface area (Å²) in [6, 6.07) is 0.583. The van der Waals surface area contributed by atoms with E-state index in [0.29, 0.717) is 11.9 Å². The van der Waals surface area contributed by atoms with E-state index in [2.05, 4.69) is 17.3 Å². The number of nitrogens with one attached hydrogen (secondary N) is 1. The first-order valence-electron chi connectivity index (χ1n) is 7.72. The van der Waals surface area contributed by atoms with Gasteiger partial charge in [0, 0.05) is 19.5 Å². The van der Waals surface area contributed by atoms with Gasteiger partial charge in [-0.1, -0.05) is 0 Å². The maximum absolute atomic E-state index is 12.3. The summed E-state index contributed by atoms with van der Waals surface area (Å²) in [6.07, 6.45) is 8.51. The minimum atomic E-state index is 0. The molecular weight excluding hydrogens is 260 g/mol. The molecule has 1 saturated heterocycles. The second-order valence-corrected chi connectivity index (χ2v) is 6.57. The Morgan fingerprint density at radius 1 is 1.21 bits per heavy atom. The predicted octanol–water partition coefficient (Wildman–Crippen LogP) is 2.44. The zero-order valence-corrected chi connectivity index (χ0v) is 12.8. The zero-order valence-electron chi connectivity index (χ0n) is 11.9. The lowest BCUT2D eigenvalue weighted by molar-refractivity contribution is -0.133. The van der Waals surface area contributed by atoms with E-state index in [0.717, 1.165) is 43.7 Å². The second kappa shape index (κ2) is 6.45. The van der Waals surface area contributed by atoms with E-state index in [1.165, 1.54) is 32.1 Å². The van der Waals surface area contributed by atoms with Crippen molar-refractivity contribution in [1.29, 1.82) is 0 Å². The fraction of sp³-hybridized carbons (Fsp3) is 0.933. The van der Waals surface area contributed by atoms with Gasteiger partial charge in [0.2, 0.25) is 5.91 Å². The van der Waals surface area contributed by atoms with Crippen molar-refractivity contribution in [1.82, 2.24) is 10.2 Å². The molecule has 0 aromatic carbocycles. The van der Waals surface area contributed by atoms with Crippen LogP contribution in [0.4, 0.5) is 0 Å². The van der Waals surface area contributed by atoms with Gasteiger partial charge in [0.25, 0.3) is 0 Å². The van der Waals surface area contributed by atoms with Crippen molar-refractivity contribution in [3.05, 3.63) is 0 Å². The van der Waals surface area contributed by atoms with Crippen molar-refractivity contribution in [2.75, 3.05) is 20.1 Å². The molecule has 19 heavy (non-hydrogen) atoms. The van der Waals surface area contributed by atoms with Crippen LogP contribution in [0.1, 0.15) is 44.9 Å². The zero-order chi connectivity index (χ0) is 12.5. The van der Waals surface area contributed by atoms with Crippen molar-refractivity contribution in [2.24, 2.45) is 17.8 Å². The molecule has 1 N–H and O–H groups in total. The quantitative estimate of drug-likeness (QED) is 0.813. The highest BCUT2D eigenvalue weighted by atomic mass is 35.5. The minimum Gasteiger partial charge on any atom is -0.342 e. The van der Waals surface area contributed by atoms with Crippen LogP contribution in [0.25, 0.3) is 0 Å². The Bertz CT molecular complexity index is 297. The van der Waals surface area contributed by atoms with Gasteiger partial charge in [-0.15, -0.1) is 12.4 Å². The van der Waals surface area contributed by atoms with Crippen LogP contribution in [0, 0.1) is 17.8 Å². The molecule has 4 heteroatoms. The molecule has 3 nitrogen and oxygen atoms in total. The van der Waals surface area contributed by atoms with Crippen molar-refractivity contribution < 1.29 is 4.79 Å².